The number of carbonyl (C=O) groups excluding carboxylic acids is 1. The first-order valence-electron chi connectivity index (χ1n) is 13.7. The van der Waals surface area contributed by atoms with Crippen molar-refractivity contribution in [2.24, 2.45) is 0 Å². The van der Waals surface area contributed by atoms with Gasteiger partial charge in [0.05, 0.1) is 0 Å². The van der Waals surface area contributed by atoms with Crippen LogP contribution in [0.5, 0.6) is 0 Å². The third kappa shape index (κ3) is 14.2. The van der Waals surface area contributed by atoms with E-state index in [9.17, 15) is 4.79 Å². The van der Waals surface area contributed by atoms with E-state index in [1.54, 1.807) is 0 Å². The standard InChI is InChI=1S/C21H26N2.C9H10O.C6H11N/c1-16-7-5-6-8-21(16)17(2)13-18(3)23-15-20-11-9-19(10-12-20)14-22-4;10-8-4-7-9-5-2-1-3-6-9;1-5(2)6(3)4-7/h5-13,22-23H,2,14-15H2,1,3-4H3;1-2,4-5,7-8H,3,6H2;4,7H,1-3H3/b18-13+;7-4+;. The molecule has 0 saturated carbocycles. The number of carbonyl (C=O) groups is 1. The monoisotopic (exact) mass is 537 g/mol. The lowest BCUT2D eigenvalue weighted by molar-refractivity contribution is -0.104. The number of aldehydes is 1. The summed E-state index contributed by atoms with van der Waals surface area (Å²) >= 11 is 0. The van der Waals surface area contributed by atoms with Crippen LogP contribution in [-0.4, -0.2) is 19.5 Å². The minimum atomic E-state index is 0.805. The molecule has 4 nitrogen and oxygen atoms in total. The number of benzene rings is 2. The fourth-order valence-corrected chi connectivity index (χ4v) is 3.61. The molecule has 2 aromatic carbocycles. The summed E-state index contributed by atoms with van der Waals surface area (Å²) in [5.41, 5.74) is 10.7. The molecule has 0 heterocycles. The topological polar surface area (TPSA) is 65.0 Å². The second kappa shape index (κ2) is 20.0. The van der Waals surface area contributed by atoms with Gasteiger partial charge < -0.3 is 16.0 Å². The molecule has 0 saturated heterocycles. The van der Waals surface area contributed by atoms with E-state index < -0.39 is 0 Å². The van der Waals surface area contributed by atoms with Gasteiger partial charge in [-0.05, 0) is 106 Å². The van der Waals surface area contributed by atoms with Crippen molar-refractivity contribution in [3.05, 3.63) is 136 Å². The van der Waals surface area contributed by atoms with Crippen molar-refractivity contribution in [1.29, 1.82) is 5.41 Å². The van der Waals surface area contributed by atoms with Gasteiger partial charge in [0.15, 0.2) is 0 Å². The molecule has 212 valence electrons. The fraction of sp³-hybridized carbons (Fsp3) is 0.278. The molecule has 0 radical (unpaired) electrons. The Hall–Kier alpha value is -4.02. The average molecular weight is 538 g/mol. The molecule has 2 aromatic rings. The smallest absolute Gasteiger partial charge is 0.142 e. The first-order chi connectivity index (χ1) is 19.2. The van der Waals surface area contributed by atoms with Gasteiger partial charge in [0.2, 0.25) is 0 Å². The Labute approximate surface area is 242 Å². The van der Waals surface area contributed by atoms with E-state index in [4.69, 9.17) is 5.41 Å². The van der Waals surface area contributed by atoms with Crippen LogP contribution in [0.1, 0.15) is 62.8 Å². The lowest BCUT2D eigenvalue weighted by atomic mass is 10.0. The maximum Gasteiger partial charge on any atom is 0.142 e. The molecule has 0 aliphatic heterocycles. The Morgan fingerprint density at radius 2 is 1.65 bits per heavy atom. The average Bonchev–Trinajstić information content (AvgIpc) is 2.96. The Morgan fingerprint density at radius 1 is 1.00 bits per heavy atom. The van der Waals surface area contributed by atoms with Crippen LogP contribution in [0.2, 0.25) is 0 Å². The van der Waals surface area contributed by atoms with Crippen LogP contribution in [0.15, 0.2) is 114 Å². The Morgan fingerprint density at radius 3 is 2.15 bits per heavy atom. The minimum absolute atomic E-state index is 0.805. The second-order valence-corrected chi connectivity index (χ2v) is 9.90. The molecule has 0 bridgehead atoms. The van der Waals surface area contributed by atoms with Crippen molar-refractivity contribution in [2.75, 3.05) is 7.05 Å². The molecular formula is C36H47N3O. The van der Waals surface area contributed by atoms with E-state index >= 15 is 0 Å². The Balaban J connectivity index is 0.000000385. The quantitative estimate of drug-likeness (QED) is 0.123. The number of nitrogens with one attached hydrogen (secondary N) is 3. The highest BCUT2D eigenvalue weighted by Gasteiger charge is 2.01. The third-order valence-corrected chi connectivity index (χ3v) is 6.30. The van der Waals surface area contributed by atoms with Gasteiger partial charge >= 0.3 is 0 Å². The van der Waals surface area contributed by atoms with Crippen LogP contribution in [0.3, 0.4) is 0 Å². The lowest BCUT2D eigenvalue weighted by Gasteiger charge is -2.10. The van der Waals surface area contributed by atoms with E-state index in [0.717, 1.165) is 49.1 Å². The van der Waals surface area contributed by atoms with Gasteiger partial charge in [0.1, 0.15) is 6.29 Å². The highest BCUT2D eigenvalue weighted by atomic mass is 16.1. The second-order valence-electron chi connectivity index (χ2n) is 9.90. The number of hydrogen-bond donors (Lipinski definition) is 3. The summed E-state index contributed by atoms with van der Waals surface area (Å²) in [4.78, 5) is 9.92. The Bertz CT molecular complexity index is 1240. The number of allylic oxidation sites excluding steroid dienone is 11. The van der Waals surface area contributed by atoms with Crippen molar-refractivity contribution in [3.8, 4) is 0 Å². The summed E-state index contributed by atoms with van der Waals surface area (Å²) < 4.78 is 0. The van der Waals surface area contributed by atoms with E-state index in [1.807, 2.05) is 46.0 Å². The summed E-state index contributed by atoms with van der Waals surface area (Å²) in [5.74, 6) is 0. The van der Waals surface area contributed by atoms with E-state index in [2.05, 4.69) is 91.7 Å². The molecule has 0 unspecified atom stereocenters. The minimum Gasteiger partial charge on any atom is -0.384 e. The zero-order chi connectivity index (χ0) is 29.8. The number of aryl methyl sites for hydroxylation is 1. The molecule has 1 aliphatic rings. The van der Waals surface area contributed by atoms with Gasteiger partial charge in [-0.25, -0.2) is 0 Å². The van der Waals surface area contributed by atoms with E-state index in [0.29, 0.717) is 0 Å². The molecule has 0 aromatic heterocycles. The molecule has 0 atom stereocenters. The zero-order valence-corrected chi connectivity index (χ0v) is 25.2. The molecule has 0 amide bonds. The molecular weight excluding hydrogens is 490 g/mol. The van der Waals surface area contributed by atoms with Crippen LogP contribution in [0, 0.1) is 12.3 Å². The van der Waals surface area contributed by atoms with Crippen molar-refractivity contribution in [1.82, 2.24) is 10.6 Å². The van der Waals surface area contributed by atoms with Crippen molar-refractivity contribution >= 4 is 18.1 Å². The van der Waals surface area contributed by atoms with Gasteiger partial charge in [-0.15, -0.1) is 0 Å². The number of hydrogen-bond acceptors (Lipinski definition) is 4. The summed E-state index contributed by atoms with van der Waals surface area (Å²) in [6, 6.07) is 17.0. The molecule has 3 rings (SSSR count). The highest BCUT2D eigenvalue weighted by Crippen LogP contribution is 2.19. The van der Waals surface area contributed by atoms with Crippen LogP contribution < -0.4 is 10.6 Å². The van der Waals surface area contributed by atoms with Crippen molar-refractivity contribution < 1.29 is 4.79 Å². The molecule has 40 heavy (non-hydrogen) atoms. The molecule has 0 spiro atoms. The lowest BCUT2D eigenvalue weighted by Crippen LogP contribution is -2.11. The van der Waals surface area contributed by atoms with Gasteiger partial charge in [-0.2, -0.15) is 0 Å². The molecule has 3 N–H and O–H groups in total. The van der Waals surface area contributed by atoms with Gasteiger partial charge in [-0.3, -0.25) is 4.79 Å². The van der Waals surface area contributed by atoms with Crippen molar-refractivity contribution in [2.45, 2.75) is 60.5 Å². The van der Waals surface area contributed by atoms with Crippen LogP contribution in [0.4, 0.5) is 0 Å². The summed E-state index contributed by atoms with van der Waals surface area (Å²) in [7, 11) is 1.96. The highest BCUT2D eigenvalue weighted by molar-refractivity contribution is 5.75. The largest absolute Gasteiger partial charge is 0.384 e. The van der Waals surface area contributed by atoms with E-state index in [1.165, 1.54) is 45.7 Å². The van der Waals surface area contributed by atoms with Gasteiger partial charge in [0, 0.05) is 25.0 Å². The number of rotatable bonds is 10. The molecule has 1 aliphatic carbocycles. The van der Waals surface area contributed by atoms with Gasteiger partial charge in [0.25, 0.3) is 0 Å². The fourth-order valence-electron chi connectivity index (χ4n) is 3.61. The summed E-state index contributed by atoms with van der Waals surface area (Å²) in [6.07, 6.45) is 16.0. The van der Waals surface area contributed by atoms with Crippen LogP contribution in [0.25, 0.3) is 5.57 Å². The van der Waals surface area contributed by atoms with Crippen LogP contribution in [-0.2, 0) is 17.9 Å². The SMILES string of the molecule is C=C(/C=C(\C)NCc1ccc(CNC)cc1)c1ccccc1C.CC(C)=C(C)C=N.O=C/C=C/C1=CC=CCC1. The summed E-state index contributed by atoms with van der Waals surface area (Å²) in [6.45, 7) is 16.0. The van der Waals surface area contributed by atoms with Crippen LogP contribution >= 0.6 is 0 Å². The van der Waals surface area contributed by atoms with Crippen molar-refractivity contribution in [3.63, 3.8) is 0 Å². The van der Waals surface area contributed by atoms with E-state index in [-0.39, 0.29) is 0 Å². The zero-order valence-electron chi connectivity index (χ0n) is 25.2. The predicted octanol–water partition coefficient (Wildman–Crippen LogP) is 8.43. The first kappa shape index (κ1) is 34.0. The van der Waals surface area contributed by atoms with Gasteiger partial charge in [-0.1, -0.05) is 85.0 Å². The molecule has 0 fully saturated rings. The predicted molar refractivity (Wildman–Crippen MR) is 175 cm³/mol. The normalized spacial score (nSPS) is 12.2. The summed E-state index contributed by atoms with van der Waals surface area (Å²) in [5, 5.41) is 13.4. The Kier molecular flexibility index (Phi) is 17.0. The maximum atomic E-state index is 9.92. The maximum absolute atomic E-state index is 9.92. The molecule has 4 heteroatoms. The third-order valence-electron chi connectivity index (χ3n) is 6.30. The first-order valence-corrected chi connectivity index (χ1v) is 13.7.